The Kier molecular flexibility index (Phi) is 4.29. The standard InChI is InChI=1S/C15H28O/c1-11-3-6-13(7-4-11)10-14-8-5-12(2)9-15(14)16/h11-16H,3-10H2,1-2H3. The number of aliphatic hydroxyl groups is 1. The highest BCUT2D eigenvalue weighted by atomic mass is 16.3. The van der Waals surface area contributed by atoms with E-state index in [1.807, 2.05) is 0 Å². The van der Waals surface area contributed by atoms with Gasteiger partial charge in [-0.05, 0) is 42.9 Å². The molecule has 94 valence electrons. The van der Waals surface area contributed by atoms with Gasteiger partial charge in [0.1, 0.15) is 0 Å². The van der Waals surface area contributed by atoms with E-state index < -0.39 is 0 Å². The van der Waals surface area contributed by atoms with Crippen molar-refractivity contribution < 1.29 is 5.11 Å². The van der Waals surface area contributed by atoms with Gasteiger partial charge in [-0.1, -0.05) is 46.0 Å². The van der Waals surface area contributed by atoms with Crippen LogP contribution in [0.15, 0.2) is 0 Å². The van der Waals surface area contributed by atoms with Gasteiger partial charge in [0, 0.05) is 0 Å². The second-order valence-electron chi connectivity index (χ2n) is 6.61. The van der Waals surface area contributed by atoms with E-state index in [1.165, 1.54) is 44.9 Å². The molecule has 3 atom stereocenters. The van der Waals surface area contributed by atoms with Crippen LogP contribution in [0, 0.1) is 23.7 Å². The molecule has 0 aromatic rings. The molecule has 0 amide bonds. The third kappa shape index (κ3) is 3.23. The van der Waals surface area contributed by atoms with Gasteiger partial charge in [0.2, 0.25) is 0 Å². The highest BCUT2D eigenvalue weighted by molar-refractivity contribution is 4.81. The van der Waals surface area contributed by atoms with Gasteiger partial charge >= 0.3 is 0 Å². The third-order valence-corrected chi connectivity index (χ3v) is 4.99. The molecule has 1 N–H and O–H groups in total. The Morgan fingerprint density at radius 1 is 0.875 bits per heavy atom. The maximum atomic E-state index is 10.1. The quantitative estimate of drug-likeness (QED) is 0.751. The Labute approximate surface area is 101 Å². The van der Waals surface area contributed by atoms with Crippen molar-refractivity contribution in [1.29, 1.82) is 0 Å². The molecule has 0 bridgehead atoms. The fourth-order valence-electron chi connectivity index (χ4n) is 3.68. The van der Waals surface area contributed by atoms with Crippen molar-refractivity contribution in [3.63, 3.8) is 0 Å². The van der Waals surface area contributed by atoms with Crippen LogP contribution in [-0.4, -0.2) is 11.2 Å². The first-order valence-electron chi connectivity index (χ1n) is 7.33. The summed E-state index contributed by atoms with van der Waals surface area (Å²) < 4.78 is 0. The van der Waals surface area contributed by atoms with Gasteiger partial charge in [-0.15, -0.1) is 0 Å². The molecule has 0 radical (unpaired) electrons. The lowest BCUT2D eigenvalue weighted by molar-refractivity contribution is 0.0320. The van der Waals surface area contributed by atoms with Gasteiger partial charge in [-0.2, -0.15) is 0 Å². The van der Waals surface area contributed by atoms with Gasteiger partial charge in [0.05, 0.1) is 6.10 Å². The van der Waals surface area contributed by atoms with E-state index in [-0.39, 0.29) is 6.10 Å². The van der Waals surface area contributed by atoms with Crippen LogP contribution in [-0.2, 0) is 0 Å². The maximum absolute atomic E-state index is 10.1. The van der Waals surface area contributed by atoms with Crippen LogP contribution in [0.4, 0.5) is 0 Å². The summed E-state index contributed by atoms with van der Waals surface area (Å²) in [7, 11) is 0. The molecule has 0 aromatic carbocycles. The minimum Gasteiger partial charge on any atom is -0.393 e. The largest absolute Gasteiger partial charge is 0.393 e. The highest BCUT2D eigenvalue weighted by Gasteiger charge is 2.30. The molecule has 2 fully saturated rings. The molecular weight excluding hydrogens is 196 g/mol. The Balaban J connectivity index is 1.76. The summed E-state index contributed by atoms with van der Waals surface area (Å²) in [6.07, 6.45) is 10.6. The SMILES string of the molecule is CC1CCC(CC2CCC(C)CC2O)CC1. The molecule has 2 aliphatic carbocycles. The Bertz CT molecular complexity index is 205. The summed E-state index contributed by atoms with van der Waals surface area (Å²) >= 11 is 0. The smallest absolute Gasteiger partial charge is 0.0571 e. The lowest BCUT2D eigenvalue weighted by Gasteiger charge is -2.35. The van der Waals surface area contributed by atoms with Crippen LogP contribution in [0.5, 0.6) is 0 Å². The van der Waals surface area contributed by atoms with E-state index in [9.17, 15) is 5.11 Å². The molecule has 2 aliphatic rings. The van der Waals surface area contributed by atoms with Crippen molar-refractivity contribution in [1.82, 2.24) is 0 Å². The average Bonchev–Trinajstić information content (AvgIpc) is 2.25. The zero-order chi connectivity index (χ0) is 11.5. The van der Waals surface area contributed by atoms with Crippen molar-refractivity contribution >= 4 is 0 Å². The number of rotatable bonds is 2. The zero-order valence-electron chi connectivity index (χ0n) is 11.0. The predicted octanol–water partition coefficient (Wildman–Crippen LogP) is 4.00. The molecule has 2 saturated carbocycles. The van der Waals surface area contributed by atoms with Crippen LogP contribution in [0.3, 0.4) is 0 Å². The first-order valence-corrected chi connectivity index (χ1v) is 7.33. The molecule has 1 heteroatoms. The van der Waals surface area contributed by atoms with Crippen molar-refractivity contribution in [2.45, 2.75) is 71.3 Å². The minimum absolute atomic E-state index is 0.00287. The maximum Gasteiger partial charge on any atom is 0.0571 e. The lowest BCUT2D eigenvalue weighted by Crippen LogP contribution is -2.30. The van der Waals surface area contributed by atoms with E-state index >= 15 is 0 Å². The van der Waals surface area contributed by atoms with E-state index in [4.69, 9.17) is 0 Å². The predicted molar refractivity (Wildman–Crippen MR) is 68.3 cm³/mol. The van der Waals surface area contributed by atoms with Gasteiger partial charge in [0.25, 0.3) is 0 Å². The molecule has 0 aliphatic heterocycles. The van der Waals surface area contributed by atoms with Crippen molar-refractivity contribution in [2.24, 2.45) is 23.7 Å². The normalized spacial score (nSPS) is 45.6. The molecule has 0 aromatic heterocycles. The summed E-state index contributed by atoms with van der Waals surface area (Å²) in [5.41, 5.74) is 0. The number of aliphatic hydroxyl groups excluding tert-OH is 1. The monoisotopic (exact) mass is 224 g/mol. The third-order valence-electron chi connectivity index (χ3n) is 4.99. The fraction of sp³-hybridized carbons (Fsp3) is 1.00. The van der Waals surface area contributed by atoms with Crippen molar-refractivity contribution in [3.05, 3.63) is 0 Å². The first kappa shape index (κ1) is 12.4. The van der Waals surface area contributed by atoms with E-state index in [1.54, 1.807) is 0 Å². The summed E-state index contributed by atoms with van der Waals surface area (Å²) in [5, 5.41) is 10.1. The first-order chi connectivity index (χ1) is 7.65. The second kappa shape index (κ2) is 5.53. The van der Waals surface area contributed by atoms with Gasteiger partial charge in [-0.3, -0.25) is 0 Å². The van der Waals surface area contributed by atoms with E-state index in [2.05, 4.69) is 13.8 Å². The molecule has 16 heavy (non-hydrogen) atoms. The van der Waals surface area contributed by atoms with Crippen LogP contribution in [0.1, 0.15) is 65.2 Å². The Morgan fingerprint density at radius 3 is 2.12 bits per heavy atom. The van der Waals surface area contributed by atoms with Crippen molar-refractivity contribution in [2.75, 3.05) is 0 Å². The van der Waals surface area contributed by atoms with Gasteiger partial charge in [0.15, 0.2) is 0 Å². The molecule has 0 saturated heterocycles. The number of hydrogen-bond donors (Lipinski definition) is 1. The number of hydrogen-bond acceptors (Lipinski definition) is 1. The minimum atomic E-state index is 0.00287. The summed E-state index contributed by atoms with van der Waals surface area (Å²) in [6.45, 7) is 4.66. The molecule has 0 spiro atoms. The molecule has 3 unspecified atom stereocenters. The Hall–Kier alpha value is -0.0400. The molecule has 0 heterocycles. The molecule has 1 nitrogen and oxygen atoms in total. The van der Waals surface area contributed by atoms with Crippen LogP contribution >= 0.6 is 0 Å². The summed E-state index contributed by atoms with van der Waals surface area (Å²) in [6, 6.07) is 0. The zero-order valence-corrected chi connectivity index (χ0v) is 11.0. The van der Waals surface area contributed by atoms with Crippen LogP contribution in [0.2, 0.25) is 0 Å². The topological polar surface area (TPSA) is 20.2 Å². The average molecular weight is 224 g/mol. The van der Waals surface area contributed by atoms with Gasteiger partial charge in [-0.25, -0.2) is 0 Å². The van der Waals surface area contributed by atoms with Crippen LogP contribution < -0.4 is 0 Å². The molecule has 2 rings (SSSR count). The van der Waals surface area contributed by atoms with Gasteiger partial charge < -0.3 is 5.11 Å². The van der Waals surface area contributed by atoms with E-state index in [0.29, 0.717) is 5.92 Å². The van der Waals surface area contributed by atoms with E-state index in [0.717, 1.165) is 24.2 Å². The second-order valence-corrected chi connectivity index (χ2v) is 6.61. The van der Waals surface area contributed by atoms with Crippen molar-refractivity contribution in [3.8, 4) is 0 Å². The lowest BCUT2D eigenvalue weighted by atomic mass is 9.72. The highest BCUT2D eigenvalue weighted by Crippen LogP contribution is 2.38. The fourth-order valence-corrected chi connectivity index (χ4v) is 3.68. The summed E-state index contributed by atoms with van der Waals surface area (Å²) in [5.74, 6) is 3.24. The summed E-state index contributed by atoms with van der Waals surface area (Å²) in [4.78, 5) is 0. The van der Waals surface area contributed by atoms with Crippen LogP contribution in [0.25, 0.3) is 0 Å². The molecular formula is C15H28O. The Morgan fingerprint density at radius 2 is 1.50 bits per heavy atom.